The van der Waals surface area contributed by atoms with E-state index in [-0.39, 0.29) is 9.80 Å². The van der Waals surface area contributed by atoms with Crippen LogP contribution in [0.2, 0.25) is 0 Å². The predicted molar refractivity (Wildman–Crippen MR) is 72.2 cm³/mol. The average Bonchev–Trinajstić information content (AvgIpc) is 2.90. The van der Waals surface area contributed by atoms with Crippen LogP contribution in [0.5, 0.6) is 0 Å². The fourth-order valence-corrected chi connectivity index (χ4v) is 2.91. The second-order valence-corrected chi connectivity index (χ2v) is 5.59. The van der Waals surface area contributed by atoms with Gasteiger partial charge in [0, 0.05) is 6.42 Å². The van der Waals surface area contributed by atoms with E-state index < -0.39 is 79.1 Å². The van der Waals surface area contributed by atoms with Gasteiger partial charge >= 0.3 is 11.9 Å². The Morgan fingerprint density at radius 1 is 0.920 bits per heavy atom. The molecular formula is C13H14N2O10. The normalized spacial score (nSPS) is 26.3. The first-order chi connectivity index (χ1) is 11.5. The minimum absolute atomic E-state index is 0.0246. The van der Waals surface area contributed by atoms with E-state index in [4.69, 9.17) is 5.11 Å². The number of nitrogens with zero attached hydrogens (tertiary/aromatic N) is 2. The number of imide groups is 2. The number of hydrogen-bond donors (Lipinski definition) is 4. The first kappa shape index (κ1) is 18.5. The van der Waals surface area contributed by atoms with Crippen molar-refractivity contribution in [3.63, 3.8) is 0 Å². The summed E-state index contributed by atoms with van der Waals surface area (Å²) in [4.78, 5) is 71.2. The molecule has 0 radical (unpaired) electrons. The monoisotopic (exact) mass is 358 g/mol. The second kappa shape index (κ2) is 6.22. The van der Waals surface area contributed by atoms with Crippen molar-refractivity contribution >= 4 is 35.6 Å². The summed E-state index contributed by atoms with van der Waals surface area (Å²) < 4.78 is 0. The zero-order chi connectivity index (χ0) is 19.1. The smallest absolute Gasteiger partial charge is 0.351 e. The summed E-state index contributed by atoms with van der Waals surface area (Å²) >= 11 is 0. The third-order valence-corrected chi connectivity index (χ3v) is 4.02. The van der Waals surface area contributed by atoms with Crippen molar-refractivity contribution < 1.29 is 49.2 Å². The summed E-state index contributed by atoms with van der Waals surface area (Å²) in [5, 5.41) is 37.6. The molecule has 136 valence electrons. The highest BCUT2D eigenvalue weighted by molar-refractivity contribution is 6.13. The number of rotatable bonds is 6. The van der Waals surface area contributed by atoms with Crippen molar-refractivity contribution in [3.05, 3.63) is 0 Å². The number of aliphatic hydroxyl groups is 2. The number of carbonyl (C=O) groups is 6. The molecule has 2 rings (SSSR count). The van der Waals surface area contributed by atoms with Crippen LogP contribution in [0.3, 0.4) is 0 Å². The van der Waals surface area contributed by atoms with Crippen LogP contribution >= 0.6 is 0 Å². The minimum Gasteiger partial charge on any atom is -0.481 e. The number of amides is 4. The van der Waals surface area contributed by atoms with Gasteiger partial charge in [-0.2, -0.15) is 0 Å². The molecule has 12 heteroatoms. The van der Waals surface area contributed by atoms with Gasteiger partial charge in [0.1, 0.15) is 12.2 Å². The van der Waals surface area contributed by atoms with Gasteiger partial charge in [0.05, 0.1) is 19.3 Å². The maximum Gasteiger partial charge on any atom is 0.351 e. The van der Waals surface area contributed by atoms with Crippen molar-refractivity contribution in [2.24, 2.45) is 0 Å². The van der Waals surface area contributed by atoms with Crippen LogP contribution in [-0.2, 0) is 28.8 Å². The summed E-state index contributed by atoms with van der Waals surface area (Å²) in [7, 11) is 0. The molecule has 12 nitrogen and oxygen atoms in total. The lowest BCUT2D eigenvalue weighted by Gasteiger charge is -2.41. The van der Waals surface area contributed by atoms with Crippen LogP contribution in [0, 0.1) is 0 Å². The van der Waals surface area contributed by atoms with Gasteiger partial charge in [-0.3, -0.25) is 24.0 Å². The first-order valence-electron chi connectivity index (χ1n) is 7.09. The standard InChI is InChI=1S/C13H14N2O10/c16-5-3-7(18)14(10(5)22)13(12(24)25,2-1-9(20)21)15-8(19)4-6(17)11(15)23/h5-6,16-17H,1-4H2,(H,20,21)(H,24,25). The van der Waals surface area contributed by atoms with E-state index in [9.17, 15) is 44.1 Å². The lowest BCUT2D eigenvalue weighted by atomic mass is 9.99. The molecule has 2 unspecified atom stereocenters. The molecule has 2 aliphatic rings. The third-order valence-electron chi connectivity index (χ3n) is 4.02. The number of carboxylic acid groups (broad SMARTS) is 2. The van der Waals surface area contributed by atoms with Crippen molar-refractivity contribution in [2.75, 3.05) is 0 Å². The summed E-state index contributed by atoms with van der Waals surface area (Å²) in [6, 6.07) is 0. The van der Waals surface area contributed by atoms with Gasteiger partial charge in [-0.15, -0.1) is 0 Å². The second-order valence-electron chi connectivity index (χ2n) is 5.59. The summed E-state index contributed by atoms with van der Waals surface area (Å²) in [6.07, 6.45) is -7.22. The molecular weight excluding hydrogens is 344 g/mol. The van der Waals surface area contributed by atoms with Crippen molar-refractivity contribution in [3.8, 4) is 0 Å². The van der Waals surface area contributed by atoms with Crippen LogP contribution in [-0.4, -0.2) is 83.7 Å². The molecule has 0 aliphatic carbocycles. The van der Waals surface area contributed by atoms with Crippen molar-refractivity contribution in [1.29, 1.82) is 0 Å². The molecule has 0 spiro atoms. The topological polar surface area (TPSA) is 190 Å². The Labute approximate surface area is 139 Å². The van der Waals surface area contributed by atoms with E-state index in [0.29, 0.717) is 0 Å². The molecule has 0 aromatic carbocycles. The Hall–Kier alpha value is -2.86. The molecule has 25 heavy (non-hydrogen) atoms. The van der Waals surface area contributed by atoms with E-state index in [1.165, 1.54) is 0 Å². The highest BCUT2D eigenvalue weighted by Crippen LogP contribution is 2.36. The van der Waals surface area contributed by atoms with Gasteiger partial charge in [0.15, 0.2) is 0 Å². The number of likely N-dealkylation sites (tertiary alicyclic amines) is 2. The predicted octanol–water partition coefficient (Wildman–Crippen LogP) is -3.13. The quantitative estimate of drug-likeness (QED) is 0.353. The minimum atomic E-state index is -2.98. The Kier molecular flexibility index (Phi) is 4.59. The molecule has 4 amide bonds. The molecule has 2 atom stereocenters. The maximum absolute atomic E-state index is 12.1. The molecule has 0 saturated carbocycles. The lowest BCUT2D eigenvalue weighted by Crippen LogP contribution is -2.69. The summed E-state index contributed by atoms with van der Waals surface area (Å²) in [6.45, 7) is 0. The maximum atomic E-state index is 12.1. The van der Waals surface area contributed by atoms with Gasteiger partial charge in [-0.1, -0.05) is 0 Å². The van der Waals surface area contributed by atoms with Crippen molar-refractivity contribution in [2.45, 2.75) is 43.6 Å². The first-order valence-corrected chi connectivity index (χ1v) is 7.09. The highest BCUT2D eigenvalue weighted by atomic mass is 16.4. The molecule has 0 aromatic rings. The molecule has 2 fully saturated rings. The zero-order valence-corrected chi connectivity index (χ0v) is 12.6. The lowest BCUT2D eigenvalue weighted by molar-refractivity contribution is -0.186. The molecule has 0 aromatic heterocycles. The average molecular weight is 358 g/mol. The highest BCUT2D eigenvalue weighted by Gasteiger charge is 2.63. The summed E-state index contributed by atoms with van der Waals surface area (Å²) in [5.41, 5.74) is -2.98. The van der Waals surface area contributed by atoms with Crippen molar-refractivity contribution in [1.82, 2.24) is 9.80 Å². The van der Waals surface area contributed by atoms with Gasteiger partial charge in [-0.05, 0) is 0 Å². The number of aliphatic hydroxyl groups excluding tert-OH is 2. The Morgan fingerprint density at radius 2 is 1.32 bits per heavy atom. The van der Waals surface area contributed by atoms with E-state index in [1.807, 2.05) is 0 Å². The Balaban J connectivity index is 2.65. The van der Waals surface area contributed by atoms with Gasteiger partial charge in [0.2, 0.25) is 17.5 Å². The molecule has 2 aliphatic heterocycles. The van der Waals surface area contributed by atoms with E-state index >= 15 is 0 Å². The number of aliphatic carboxylic acids is 2. The van der Waals surface area contributed by atoms with Gasteiger partial charge < -0.3 is 20.4 Å². The van der Waals surface area contributed by atoms with E-state index in [1.54, 1.807) is 0 Å². The molecule has 0 bridgehead atoms. The Morgan fingerprint density at radius 3 is 1.56 bits per heavy atom. The van der Waals surface area contributed by atoms with E-state index in [2.05, 4.69) is 0 Å². The van der Waals surface area contributed by atoms with Crippen LogP contribution in [0.1, 0.15) is 25.7 Å². The van der Waals surface area contributed by atoms with Crippen LogP contribution in [0.15, 0.2) is 0 Å². The largest absolute Gasteiger partial charge is 0.481 e. The number of carboxylic acids is 2. The van der Waals surface area contributed by atoms with Crippen LogP contribution in [0.25, 0.3) is 0 Å². The SMILES string of the molecule is O=C(O)CCC(C(=O)O)(N1C(=O)CC(O)C1=O)N1C(=O)CC(O)C1=O. The Bertz CT molecular complexity index is 646. The fraction of sp³-hybridized carbons (Fsp3) is 0.538. The fourth-order valence-electron chi connectivity index (χ4n) is 2.91. The third kappa shape index (κ3) is 2.74. The number of hydrogen-bond acceptors (Lipinski definition) is 8. The molecule has 2 heterocycles. The molecule has 4 N–H and O–H groups in total. The number of carbonyl (C=O) groups excluding carboxylic acids is 4. The zero-order valence-electron chi connectivity index (χ0n) is 12.6. The van der Waals surface area contributed by atoms with Gasteiger partial charge in [0.25, 0.3) is 11.8 Å². The summed E-state index contributed by atoms with van der Waals surface area (Å²) in [5.74, 6) is -8.65. The van der Waals surface area contributed by atoms with Crippen LogP contribution < -0.4 is 0 Å². The molecule has 2 saturated heterocycles. The van der Waals surface area contributed by atoms with Crippen LogP contribution in [0.4, 0.5) is 0 Å². The van der Waals surface area contributed by atoms with E-state index in [0.717, 1.165) is 0 Å². The van der Waals surface area contributed by atoms with Gasteiger partial charge in [-0.25, -0.2) is 14.6 Å².